The zero-order chi connectivity index (χ0) is 16.9. The van der Waals surface area contributed by atoms with Crippen molar-refractivity contribution in [3.05, 3.63) is 76.2 Å². The van der Waals surface area contributed by atoms with Crippen molar-refractivity contribution in [2.75, 3.05) is 10.6 Å². The van der Waals surface area contributed by atoms with Crippen molar-refractivity contribution >= 4 is 40.7 Å². The van der Waals surface area contributed by atoms with Gasteiger partial charge in [-0.1, -0.05) is 41.4 Å². The zero-order valence-electron chi connectivity index (χ0n) is 12.4. The summed E-state index contributed by atoms with van der Waals surface area (Å²) in [5.41, 5.74) is 1.57. The Morgan fingerprint density at radius 2 is 1.79 bits per heavy atom. The predicted octanol–water partition coefficient (Wildman–Crippen LogP) is 5.28. The Labute approximate surface area is 148 Å². The molecule has 1 aromatic heterocycles. The molecule has 2 aromatic carbocycles. The number of hydrogen-bond donors (Lipinski definition) is 2. The second-order valence-electron chi connectivity index (χ2n) is 4.97. The van der Waals surface area contributed by atoms with E-state index in [1.807, 2.05) is 0 Å². The molecule has 0 radical (unpaired) electrons. The van der Waals surface area contributed by atoms with Gasteiger partial charge < -0.3 is 10.6 Å². The van der Waals surface area contributed by atoms with Crippen LogP contribution in [0.2, 0.25) is 10.0 Å². The highest BCUT2D eigenvalue weighted by Crippen LogP contribution is 2.31. The number of halogens is 3. The van der Waals surface area contributed by atoms with E-state index in [9.17, 15) is 4.39 Å². The van der Waals surface area contributed by atoms with Gasteiger partial charge in [-0.15, -0.1) is 0 Å². The smallest absolute Gasteiger partial charge is 0.229 e. The zero-order valence-corrected chi connectivity index (χ0v) is 13.9. The normalized spacial score (nSPS) is 10.5. The van der Waals surface area contributed by atoms with Crippen LogP contribution in [0, 0.1) is 5.82 Å². The molecule has 24 heavy (non-hydrogen) atoms. The summed E-state index contributed by atoms with van der Waals surface area (Å²) in [5.74, 6) is 0.768. The first-order chi connectivity index (χ1) is 11.6. The predicted molar refractivity (Wildman–Crippen MR) is 95.5 cm³/mol. The fourth-order valence-corrected chi connectivity index (χ4v) is 2.38. The maximum absolute atomic E-state index is 12.9. The second kappa shape index (κ2) is 7.47. The van der Waals surface area contributed by atoms with Gasteiger partial charge in [-0.2, -0.15) is 4.98 Å². The average Bonchev–Trinajstić information content (AvgIpc) is 2.59. The van der Waals surface area contributed by atoms with Crippen LogP contribution in [-0.4, -0.2) is 9.97 Å². The third-order valence-electron chi connectivity index (χ3n) is 3.24. The highest BCUT2D eigenvalue weighted by Gasteiger charge is 2.06. The molecular weight excluding hydrogens is 350 g/mol. The molecule has 4 nitrogen and oxygen atoms in total. The summed E-state index contributed by atoms with van der Waals surface area (Å²) in [4.78, 5) is 8.52. The molecule has 0 bridgehead atoms. The van der Waals surface area contributed by atoms with Gasteiger partial charge in [0.25, 0.3) is 0 Å². The van der Waals surface area contributed by atoms with Gasteiger partial charge in [0, 0.05) is 12.7 Å². The van der Waals surface area contributed by atoms with Crippen LogP contribution >= 0.6 is 23.2 Å². The van der Waals surface area contributed by atoms with Crippen LogP contribution in [0.3, 0.4) is 0 Å². The summed E-state index contributed by atoms with van der Waals surface area (Å²) in [6.45, 7) is 0.522. The molecule has 0 amide bonds. The van der Waals surface area contributed by atoms with E-state index >= 15 is 0 Å². The van der Waals surface area contributed by atoms with Crippen LogP contribution in [0.25, 0.3) is 0 Å². The first-order valence-electron chi connectivity index (χ1n) is 7.14. The highest BCUT2D eigenvalue weighted by molar-refractivity contribution is 6.43. The average molecular weight is 363 g/mol. The molecule has 0 aliphatic carbocycles. The van der Waals surface area contributed by atoms with Gasteiger partial charge in [-0.25, -0.2) is 9.37 Å². The largest absolute Gasteiger partial charge is 0.366 e. The lowest BCUT2D eigenvalue weighted by atomic mass is 10.2. The Balaban J connectivity index is 1.69. The summed E-state index contributed by atoms with van der Waals surface area (Å²) >= 11 is 12.1. The topological polar surface area (TPSA) is 49.8 Å². The summed E-state index contributed by atoms with van der Waals surface area (Å²) in [5, 5.41) is 7.05. The third-order valence-corrected chi connectivity index (χ3v) is 4.06. The van der Waals surface area contributed by atoms with Crippen molar-refractivity contribution in [1.29, 1.82) is 0 Å². The Morgan fingerprint density at radius 1 is 1.00 bits per heavy atom. The van der Waals surface area contributed by atoms with E-state index in [1.165, 1.54) is 12.1 Å². The maximum Gasteiger partial charge on any atom is 0.229 e. The second-order valence-corrected chi connectivity index (χ2v) is 5.76. The van der Waals surface area contributed by atoms with Gasteiger partial charge in [0.05, 0.1) is 15.7 Å². The molecule has 0 saturated carbocycles. The number of nitrogens with one attached hydrogen (secondary N) is 2. The number of nitrogens with zero attached hydrogens (tertiary/aromatic N) is 2. The van der Waals surface area contributed by atoms with Gasteiger partial charge in [-0.3, -0.25) is 0 Å². The minimum atomic E-state index is -0.259. The van der Waals surface area contributed by atoms with E-state index in [0.717, 1.165) is 5.56 Å². The summed E-state index contributed by atoms with van der Waals surface area (Å²) < 4.78 is 12.9. The number of hydrogen-bond acceptors (Lipinski definition) is 4. The molecule has 3 rings (SSSR count). The van der Waals surface area contributed by atoms with Crippen molar-refractivity contribution in [1.82, 2.24) is 9.97 Å². The fourth-order valence-electron chi connectivity index (χ4n) is 2.03. The lowest BCUT2D eigenvalue weighted by Gasteiger charge is -2.10. The fraction of sp³-hybridized carbons (Fsp3) is 0.0588. The molecule has 7 heteroatoms. The van der Waals surface area contributed by atoms with Crippen LogP contribution in [0.1, 0.15) is 5.56 Å². The van der Waals surface area contributed by atoms with Crippen molar-refractivity contribution < 1.29 is 4.39 Å². The quantitative estimate of drug-likeness (QED) is 0.648. The highest BCUT2D eigenvalue weighted by atomic mass is 35.5. The molecule has 0 aliphatic rings. The summed E-state index contributed by atoms with van der Waals surface area (Å²) in [7, 11) is 0. The van der Waals surface area contributed by atoms with E-state index in [1.54, 1.807) is 42.6 Å². The standard InChI is InChI=1S/C17H13Cl2FN4/c18-13-2-1-3-14(16(13)19)23-17-21-9-8-15(24-17)22-10-11-4-6-12(20)7-5-11/h1-9H,10H2,(H2,21,22,23,24). The van der Waals surface area contributed by atoms with E-state index in [-0.39, 0.29) is 5.82 Å². The lowest BCUT2D eigenvalue weighted by molar-refractivity contribution is 0.627. The molecule has 0 unspecified atom stereocenters. The number of rotatable bonds is 5. The van der Waals surface area contributed by atoms with Gasteiger partial charge in [0.1, 0.15) is 11.6 Å². The van der Waals surface area contributed by atoms with Gasteiger partial charge in [0.2, 0.25) is 5.95 Å². The van der Waals surface area contributed by atoms with E-state index in [4.69, 9.17) is 23.2 Å². The molecule has 0 atom stereocenters. The first-order valence-corrected chi connectivity index (χ1v) is 7.90. The Kier molecular flexibility index (Phi) is 5.13. The van der Waals surface area contributed by atoms with Gasteiger partial charge >= 0.3 is 0 Å². The maximum atomic E-state index is 12.9. The Bertz CT molecular complexity index is 840. The van der Waals surface area contributed by atoms with Crippen molar-refractivity contribution in [2.45, 2.75) is 6.54 Å². The molecule has 122 valence electrons. The minimum absolute atomic E-state index is 0.259. The van der Waals surface area contributed by atoms with E-state index in [0.29, 0.717) is 34.0 Å². The van der Waals surface area contributed by atoms with Crippen molar-refractivity contribution in [2.24, 2.45) is 0 Å². The number of anilines is 3. The number of benzene rings is 2. The minimum Gasteiger partial charge on any atom is -0.366 e. The van der Waals surface area contributed by atoms with Gasteiger partial charge in [-0.05, 0) is 35.9 Å². The summed E-state index contributed by atoms with van der Waals surface area (Å²) in [6, 6.07) is 13.3. The third kappa shape index (κ3) is 4.13. The van der Waals surface area contributed by atoms with Crippen LogP contribution in [0.5, 0.6) is 0 Å². The van der Waals surface area contributed by atoms with Crippen LogP contribution in [-0.2, 0) is 6.54 Å². The van der Waals surface area contributed by atoms with Crippen molar-refractivity contribution in [3.8, 4) is 0 Å². The molecule has 2 N–H and O–H groups in total. The van der Waals surface area contributed by atoms with E-state index in [2.05, 4.69) is 20.6 Å². The van der Waals surface area contributed by atoms with Crippen LogP contribution < -0.4 is 10.6 Å². The molecule has 0 fully saturated rings. The monoisotopic (exact) mass is 362 g/mol. The lowest BCUT2D eigenvalue weighted by Crippen LogP contribution is -2.04. The van der Waals surface area contributed by atoms with E-state index < -0.39 is 0 Å². The number of aromatic nitrogens is 2. The summed E-state index contributed by atoms with van der Waals surface area (Å²) in [6.07, 6.45) is 1.63. The first kappa shape index (κ1) is 16.5. The Hall–Kier alpha value is -2.37. The molecule has 0 aliphatic heterocycles. The molecule has 1 heterocycles. The molecular formula is C17H13Cl2FN4. The van der Waals surface area contributed by atoms with Crippen LogP contribution in [0.4, 0.5) is 21.8 Å². The molecule has 0 spiro atoms. The van der Waals surface area contributed by atoms with Gasteiger partial charge in [0.15, 0.2) is 0 Å². The van der Waals surface area contributed by atoms with Crippen LogP contribution in [0.15, 0.2) is 54.7 Å². The Morgan fingerprint density at radius 3 is 2.58 bits per heavy atom. The SMILES string of the molecule is Fc1ccc(CNc2ccnc(Nc3cccc(Cl)c3Cl)n2)cc1. The molecule has 3 aromatic rings. The molecule has 0 saturated heterocycles. The van der Waals surface area contributed by atoms with Crippen molar-refractivity contribution in [3.63, 3.8) is 0 Å².